The zero-order valence-corrected chi connectivity index (χ0v) is 25.6. The molecule has 0 saturated carbocycles. The highest BCUT2D eigenvalue weighted by Gasteiger charge is 2.45. The normalized spacial score (nSPS) is 21.4. The van der Waals surface area contributed by atoms with Gasteiger partial charge in [-0.2, -0.15) is 4.31 Å². The van der Waals surface area contributed by atoms with E-state index in [-0.39, 0.29) is 41.3 Å². The second-order valence-corrected chi connectivity index (χ2v) is 14.7. The number of aliphatic hydroxyl groups excluding tert-OH is 1. The van der Waals surface area contributed by atoms with Gasteiger partial charge in [-0.1, -0.05) is 6.07 Å². The maximum absolute atomic E-state index is 13.4. The summed E-state index contributed by atoms with van der Waals surface area (Å²) < 4.78 is 84.5. The van der Waals surface area contributed by atoms with Gasteiger partial charge in [-0.15, -0.1) is 0 Å². The summed E-state index contributed by atoms with van der Waals surface area (Å²) in [6.45, 7) is 1.27. The zero-order chi connectivity index (χ0) is 30.7. The first kappa shape index (κ1) is 31.8. The van der Waals surface area contributed by atoms with Gasteiger partial charge in [0, 0.05) is 45.3 Å². The minimum Gasteiger partial charge on any atom is -0.491 e. The molecule has 1 aromatic carbocycles. The number of rotatable bonds is 12. The van der Waals surface area contributed by atoms with E-state index >= 15 is 0 Å². The summed E-state index contributed by atoms with van der Waals surface area (Å²) in [5.74, 6) is 0.696. The zero-order valence-electron chi connectivity index (χ0n) is 23.9. The molecule has 2 unspecified atom stereocenters. The van der Waals surface area contributed by atoms with Crippen LogP contribution in [0.4, 0.5) is 10.1 Å². The molecule has 0 aliphatic carbocycles. The number of benzene rings is 1. The Balaban J connectivity index is 1.08. The fraction of sp³-hybridized carbons (Fsp3) is 0.593. The average Bonchev–Trinajstić information content (AvgIpc) is 3.40. The van der Waals surface area contributed by atoms with Gasteiger partial charge in [0.05, 0.1) is 29.8 Å². The van der Waals surface area contributed by atoms with Gasteiger partial charge in [-0.3, -0.25) is 0 Å². The second kappa shape index (κ2) is 13.2. The van der Waals surface area contributed by atoms with E-state index in [2.05, 4.69) is 15.0 Å². The summed E-state index contributed by atoms with van der Waals surface area (Å²) in [6, 6.07) is 7.37. The van der Waals surface area contributed by atoms with E-state index in [0.717, 1.165) is 0 Å². The van der Waals surface area contributed by atoms with Crippen LogP contribution in [0.1, 0.15) is 19.3 Å². The molecular weight excluding hydrogens is 605 g/mol. The summed E-state index contributed by atoms with van der Waals surface area (Å²) in [7, 11) is -5.70. The third-order valence-electron chi connectivity index (χ3n) is 7.95. The SMILES string of the molecule is CN1CCOc2ncc(S(=O)(=O)N3CCC4(CC3)CC(NCC(O)COc3cccc(S(=O)(=O)NCCF)c3)CO4)cc21. The Bertz CT molecular complexity index is 1490. The van der Waals surface area contributed by atoms with Crippen molar-refractivity contribution < 1.29 is 40.5 Å². The molecule has 3 aliphatic rings. The van der Waals surface area contributed by atoms with E-state index < -0.39 is 38.4 Å². The number of ether oxygens (including phenoxy) is 3. The maximum atomic E-state index is 13.4. The average molecular weight is 644 g/mol. The molecule has 16 heteroatoms. The van der Waals surface area contributed by atoms with Crippen LogP contribution in [0.15, 0.2) is 46.3 Å². The molecule has 5 rings (SSSR count). The number of hydrogen-bond donors (Lipinski definition) is 3. The van der Waals surface area contributed by atoms with Gasteiger partial charge >= 0.3 is 0 Å². The van der Waals surface area contributed by atoms with Crippen molar-refractivity contribution in [3.63, 3.8) is 0 Å². The van der Waals surface area contributed by atoms with Crippen LogP contribution in [0, 0.1) is 0 Å². The van der Waals surface area contributed by atoms with Crippen LogP contribution in [-0.4, -0.2) is 115 Å². The van der Waals surface area contributed by atoms with Crippen molar-refractivity contribution in [1.29, 1.82) is 0 Å². The molecule has 1 aromatic heterocycles. The molecule has 2 saturated heterocycles. The van der Waals surface area contributed by atoms with Gasteiger partial charge in [0.25, 0.3) is 0 Å². The van der Waals surface area contributed by atoms with Gasteiger partial charge in [0.1, 0.15) is 42.3 Å². The number of halogens is 1. The summed E-state index contributed by atoms with van der Waals surface area (Å²) in [6.07, 6.45) is 2.27. The number of sulfonamides is 2. The summed E-state index contributed by atoms with van der Waals surface area (Å²) in [5, 5.41) is 13.7. The fourth-order valence-electron chi connectivity index (χ4n) is 5.50. The van der Waals surface area contributed by atoms with Crippen LogP contribution < -0.4 is 24.4 Å². The molecule has 0 amide bonds. The van der Waals surface area contributed by atoms with Crippen LogP contribution in [0.2, 0.25) is 0 Å². The minimum atomic E-state index is -3.85. The first-order chi connectivity index (χ1) is 20.5. The molecule has 0 bridgehead atoms. The topological polar surface area (TPSA) is 160 Å². The highest BCUT2D eigenvalue weighted by molar-refractivity contribution is 7.89. The van der Waals surface area contributed by atoms with E-state index in [1.807, 2.05) is 11.9 Å². The second-order valence-electron chi connectivity index (χ2n) is 11.0. The monoisotopic (exact) mass is 643 g/mol. The van der Waals surface area contributed by atoms with Crippen LogP contribution in [0.25, 0.3) is 0 Å². The van der Waals surface area contributed by atoms with Crippen molar-refractivity contribution in [1.82, 2.24) is 19.3 Å². The third kappa shape index (κ3) is 7.38. The molecule has 238 valence electrons. The van der Waals surface area contributed by atoms with Crippen molar-refractivity contribution in [2.45, 2.75) is 46.8 Å². The van der Waals surface area contributed by atoms with Crippen molar-refractivity contribution in [3.05, 3.63) is 36.5 Å². The number of nitrogens with one attached hydrogen (secondary N) is 2. The number of alkyl halides is 1. The number of aromatic nitrogens is 1. The van der Waals surface area contributed by atoms with Gasteiger partial charge in [-0.05, 0) is 37.5 Å². The first-order valence-corrected chi connectivity index (χ1v) is 17.1. The Hall–Kier alpha value is -2.60. The predicted molar refractivity (Wildman–Crippen MR) is 155 cm³/mol. The van der Waals surface area contributed by atoms with Gasteiger partial charge in [0.2, 0.25) is 25.9 Å². The summed E-state index contributed by atoms with van der Waals surface area (Å²) in [4.78, 5) is 6.25. The predicted octanol–water partition coefficient (Wildman–Crippen LogP) is 0.500. The van der Waals surface area contributed by atoms with Crippen LogP contribution in [-0.2, 0) is 24.8 Å². The molecule has 3 aliphatic heterocycles. The molecule has 2 atom stereocenters. The molecule has 2 fully saturated rings. The Morgan fingerprint density at radius 3 is 2.74 bits per heavy atom. The highest BCUT2D eigenvalue weighted by atomic mass is 32.2. The highest BCUT2D eigenvalue weighted by Crippen LogP contribution is 2.38. The smallest absolute Gasteiger partial charge is 0.244 e. The lowest BCUT2D eigenvalue weighted by atomic mass is 9.88. The van der Waals surface area contributed by atoms with E-state index in [1.54, 1.807) is 12.1 Å². The van der Waals surface area contributed by atoms with E-state index in [4.69, 9.17) is 14.2 Å². The van der Waals surface area contributed by atoms with Crippen LogP contribution >= 0.6 is 0 Å². The Morgan fingerprint density at radius 1 is 1.19 bits per heavy atom. The Labute approximate surface area is 251 Å². The molecule has 2 aromatic rings. The van der Waals surface area contributed by atoms with Crippen molar-refractivity contribution in [3.8, 4) is 11.6 Å². The number of aliphatic hydroxyl groups is 1. The number of hydrogen-bond acceptors (Lipinski definition) is 11. The largest absolute Gasteiger partial charge is 0.491 e. The van der Waals surface area contributed by atoms with Gasteiger partial charge in [-0.25, -0.2) is 30.9 Å². The summed E-state index contributed by atoms with van der Waals surface area (Å²) >= 11 is 0. The van der Waals surface area contributed by atoms with Gasteiger partial charge in [0.15, 0.2) is 0 Å². The summed E-state index contributed by atoms with van der Waals surface area (Å²) in [5.41, 5.74) is 0.223. The van der Waals surface area contributed by atoms with E-state index in [0.29, 0.717) is 63.7 Å². The van der Waals surface area contributed by atoms with E-state index in [1.165, 1.54) is 28.7 Å². The maximum Gasteiger partial charge on any atom is 0.244 e. The first-order valence-electron chi connectivity index (χ1n) is 14.2. The number of piperidine rings is 1. The molecule has 43 heavy (non-hydrogen) atoms. The fourth-order valence-corrected chi connectivity index (χ4v) is 7.95. The lowest BCUT2D eigenvalue weighted by molar-refractivity contribution is -0.0312. The quantitative estimate of drug-likeness (QED) is 0.296. The lowest BCUT2D eigenvalue weighted by Gasteiger charge is -2.38. The Morgan fingerprint density at radius 2 is 1.98 bits per heavy atom. The molecule has 0 radical (unpaired) electrons. The van der Waals surface area contributed by atoms with Crippen molar-refractivity contribution in [2.75, 3.05) is 71.2 Å². The number of fused-ring (bicyclic) bond motifs is 1. The minimum absolute atomic E-state index is 0.0201. The Kier molecular flexibility index (Phi) is 9.75. The van der Waals surface area contributed by atoms with Crippen molar-refractivity contribution >= 4 is 25.7 Å². The molecular formula is C27H38FN5O8S2. The van der Waals surface area contributed by atoms with Crippen molar-refractivity contribution in [2.24, 2.45) is 0 Å². The number of anilines is 1. The van der Waals surface area contributed by atoms with Crippen LogP contribution in [0.3, 0.4) is 0 Å². The number of nitrogens with zero attached hydrogens (tertiary/aromatic N) is 3. The molecule has 1 spiro atoms. The standard InChI is InChI=1S/C27H38FN5O8S2/c1-32-11-12-39-26-25(32)14-24(17-30-26)43(37,38)33-9-5-27(6-10-33)15-20(18-41-27)29-16-21(34)19-40-22-3-2-4-23(13-22)42(35,36)31-8-7-28/h2-4,13-14,17,20-21,29,31,34H,5-12,15-16,18-19H2,1H3. The van der Waals surface area contributed by atoms with Crippen LogP contribution in [0.5, 0.6) is 11.6 Å². The lowest BCUT2D eigenvalue weighted by Crippen LogP contribution is -2.47. The number of likely N-dealkylation sites (N-methyl/N-ethyl adjacent to an activating group) is 1. The third-order valence-corrected chi connectivity index (χ3v) is 11.3. The molecule has 3 N–H and O–H groups in total. The molecule has 4 heterocycles. The molecule has 13 nitrogen and oxygen atoms in total. The van der Waals surface area contributed by atoms with Gasteiger partial charge < -0.3 is 29.5 Å². The number of pyridine rings is 1. The van der Waals surface area contributed by atoms with E-state index in [9.17, 15) is 26.3 Å².